The van der Waals surface area contributed by atoms with Gasteiger partial charge in [0.15, 0.2) is 5.82 Å². The smallest absolute Gasteiger partial charge is 0.343 e. The fourth-order valence-electron chi connectivity index (χ4n) is 1.95. The minimum atomic E-state index is -0.511. The summed E-state index contributed by atoms with van der Waals surface area (Å²) in [6, 6.07) is 8.75. The van der Waals surface area contributed by atoms with Gasteiger partial charge in [-0.3, -0.25) is 9.48 Å². The monoisotopic (exact) mass is 313 g/mol. The third-order valence-electron chi connectivity index (χ3n) is 3.05. The number of allylic oxidation sites excluding steroid dienone is 2. The summed E-state index contributed by atoms with van der Waals surface area (Å²) in [5, 5.41) is 6.92. The fraction of sp³-hybridized carbons (Fsp3) is 0.235. The van der Waals surface area contributed by atoms with Crippen LogP contribution in [0.4, 0.5) is 5.82 Å². The molecule has 0 saturated heterocycles. The molecular weight excluding hydrogens is 294 g/mol. The average molecular weight is 313 g/mol. The Morgan fingerprint density at radius 2 is 2.04 bits per heavy atom. The van der Waals surface area contributed by atoms with E-state index in [1.807, 2.05) is 25.1 Å². The maximum atomic E-state index is 12.2. The summed E-state index contributed by atoms with van der Waals surface area (Å²) in [4.78, 5) is 24.3. The van der Waals surface area contributed by atoms with Crippen LogP contribution >= 0.6 is 0 Å². The van der Waals surface area contributed by atoms with E-state index >= 15 is 0 Å². The molecule has 0 saturated carbocycles. The Kier molecular flexibility index (Phi) is 5.68. The summed E-state index contributed by atoms with van der Waals surface area (Å²) in [7, 11) is 0. The minimum Gasteiger partial charge on any atom is -0.462 e. The number of carbonyl (C=O) groups is 2. The predicted octanol–water partition coefficient (Wildman–Crippen LogP) is 2.89. The zero-order valence-corrected chi connectivity index (χ0v) is 13.2. The van der Waals surface area contributed by atoms with Crippen molar-refractivity contribution in [1.29, 1.82) is 0 Å². The summed E-state index contributed by atoms with van der Waals surface area (Å²) in [6.07, 6.45) is 5.34. The van der Waals surface area contributed by atoms with Gasteiger partial charge in [0.1, 0.15) is 5.56 Å². The first-order valence-corrected chi connectivity index (χ1v) is 7.37. The standard InChI is InChI=1S/C17H19N3O3/c1-3-5-11-20-12-14(17(22)23-4-2)15(19-20)18-16(21)13-9-7-6-8-10-13/h3,5-10,12H,4,11H2,1-2H3,(H,18,19,21)/b5-3+. The van der Waals surface area contributed by atoms with E-state index in [2.05, 4.69) is 10.4 Å². The zero-order valence-electron chi connectivity index (χ0n) is 13.2. The van der Waals surface area contributed by atoms with Crippen LogP contribution < -0.4 is 5.32 Å². The molecule has 1 amide bonds. The van der Waals surface area contributed by atoms with Crippen molar-refractivity contribution in [3.63, 3.8) is 0 Å². The summed E-state index contributed by atoms with van der Waals surface area (Å²) >= 11 is 0. The van der Waals surface area contributed by atoms with Gasteiger partial charge in [0.05, 0.1) is 13.2 Å². The molecule has 120 valence electrons. The highest BCUT2D eigenvalue weighted by Crippen LogP contribution is 2.16. The quantitative estimate of drug-likeness (QED) is 0.657. The summed E-state index contributed by atoms with van der Waals surface area (Å²) in [5.41, 5.74) is 0.728. The number of hydrogen-bond donors (Lipinski definition) is 1. The lowest BCUT2D eigenvalue weighted by Gasteiger charge is -2.04. The van der Waals surface area contributed by atoms with Crippen LogP contribution in [-0.4, -0.2) is 28.3 Å². The second kappa shape index (κ2) is 7.93. The van der Waals surface area contributed by atoms with Crippen LogP contribution in [0.3, 0.4) is 0 Å². The van der Waals surface area contributed by atoms with Gasteiger partial charge >= 0.3 is 5.97 Å². The topological polar surface area (TPSA) is 73.2 Å². The first-order valence-electron chi connectivity index (χ1n) is 7.37. The largest absolute Gasteiger partial charge is 0.462 e. The molecule has 1 aromatic heterocycles. The molecule has 0 aliphatic heterocycles. The van der Waals surface area contributed by atoms with Gasteiger partial charge in [0.25, 0.3) is 5.91 Å². The fourth-order valence-corrected chi connectivity index (χ4v) is 1.95. The highest BCUT2D eigenvalue weighted by molar-refractivity contribution is 6.07. The lowest BCUT2D eigenvalue weighted by molar-refractivity contribution is 0.0527. The van der Waals surface area contributed by atoms with Crippen molar-refractivity contribution >= 4 is 17.7 Å². The molecule has 0 aliphatic carbocycles. The third-order valence-corrected chi connectivity index (χ3v) is 3.05. The predicted molar refractivity (Wildman–Crippen MR) is 87.4 cm³/mol. The van der Waals surface area contributed by atoms with E-state index in [-0.39, 0.29) is 23.9 Å². The molecule has 0 unspecified atom stereocenters. The number of benzene rings is 1. The molecule has 2 rings (SSSR count). The number of nitrogens with one attached hydrogen (secondary N) is 1. The van der Waals surface area contributed by atoms with Crippen LogP contribution in [0.1, 0.15) is 34.6 Å². The molecule has 23 heavy (non-hydrogen) atoms. The van der Waals surface area contributed by atoms with Crippen molar-refractivity contribution in [1.82, 2.24) is 9.78 Å². The summed E-state index contributed by atoms with van der Waals surface area (Å²) in [5.74, 6) is -0.642. The number of nitrogens with zero attached hydrogens (tertiary/aromatic N) is 2. The molecule has 0 radical (unpaired) electrons. The van der Waals surface area contributed by atoms with Crippen LogP contribution in [0, 0.1) is 0 Å². The van der Waals surface area contributed by atoms with Gasteiger partial charge in [-0.15, -0.1) is 0 Å². The maximum absolute atomic E-state index is 12.2. The van der Waals surface area contributed by atoms with Gasteiger partial charge in [-0.1, -0.05) is 30.4 Å². The molecule has 0 fully saturated rings. The van der Waals surface area contributed by atoms with Gasteiger partial charge < -0.3 is 10.1 Å². The molecule has 0 bridgehead atoms. The maximum Gasteiger partial charge on any atom is 0.343 e. The SMILES string of the molecule is C/C=C/Cn1cc(C(=O)OCC)c(NC(=O)c2ccccc2)n1. The van der Waals surface area contributed by atoms with Crippen molar-refractivity contribution in [2.24, 2.45) is 0 Å². The van der Waals surface area contributed by atoms with Crippen LogP contribution in [-0.2, 0) is 11.3 Å². The number of rotatable bonds is 6. The lowest BCUT2D eigenvalue weighted by atomic mass is 10.2. The molecule has 1 N–H and O–H groups in total. The molecule has 0 atom stereocenters. The van der Waals surface area contributed by atoms with E-state index in [1.54, 1.807) is 42.1 Å². The van der Waals surface area contributed by atoms with Crippen molar-refractivity contribution in [3.8, 4) is 0 Å². The number of hydrogen-bond acceptors (Lipinski definition) is 4. The molecule has 1 aromatic carbocycles. The first-order chi connectivity index (χ1) is 11.2. The van der Waals surface area contributed by atoms with Crippen LogP contribution in [0.15, 0.2) is 48.7 Å². The van der Waals surface area contributed by atoms with Crippen LogP contribution in [0.2, 0.25) is 0 Å². The molecular formula is C17H19N3O3. The van der Waals surface area contributed by atoms with Crippen molar-refractivity contribution < 1.29 is 14.3 Å². The van der Waals surface area contributed by atoms with Crippen LogP contribution in [0.25, 0.3) is 0 Å². The first kappa shape index (κ1) is 16.5. The second-order valence-corrected chi connectivity index (χ2v) is 4.72. The number of carbonyl (C=O) groups excluding carboxylic acids is 2. The molecule has 1 heterocycles. The molecule has 0 spiro atoms. The second-order valence-electron chi connectivity index (χ2n) is 4.72. The van der Waals surface area contributed by atoms with Crippen molar-refractivity contribution in [2.45, 2.75) is 20.4 Å². The summed E-state index contributed by atoms with van der Waals surface area (Å²) < 4.78 is 6.59. The van der Waals surface area contributed by atoms with Gasteiger partial charge in [-0.25, -0.2) is 4.79 Å². The number of ether oxygens (including phenoxy) is 1. The van der Waals surface area contributed by atoms with Crippen molar-refractivity contribution in [3.05, 3.63) is 59.8 Å². The van der Waals surface area contributed by atoms with E-state index in [4.69, 9.17) is 4.74 Å². The Labute approximate surface area is 134 Å². The Bertz CT molecular complexity index is 705. The number of amides is 1. The minimum absolute atomic E-state index is 0.196. The molecule has 6 nitrogen and oxygen atoms in total. The van der Waals surface area contributed by atoms with Gasteiger partial charge in [-0.05, 0) is 26.0 Å². The Hall–Kier alpha value is -2.89. The number of anilines is 1. The summed E-state index contributed by atoms with van der Waals surface area (Å²) in [6.45, 7) is 4.38. The normalized spacial score (nSPS) is 10.7. The van der Waals surface area contributed by atoms with E-state index in [0.29, 0.717) is 12.1 Å². The molecule has 0 aliphatic rings. The number of aromatic nitrogens is 2. The van der Waals surface area contributed by atoms with Gasteiger partial charge in [-0.2, -0.15) is 5.10 Å². The third kappa shape index (κ3) is 4.29. The van der Waals surface area contributed by atoms with Gasteiger partial charge in [0, 0.05) is 11.8 Å². The van der Waals surface area contributed by atoms with E-state index in [1.165, 1.54) is 0 Å². The van der Waals surface area contributed by atoms with Crippen LogP contribution in [0.5, 0.6) is 0 Å². The van der Waals surface area contributed by atoms with E-state index < -0.39 is 5.97 Å². The Morgan fingerprint density at radius 1 is 1.30 bits per heavy atom. The average Bonchev–Trinajstić information content (AvgIpc) is 2.97. The zero-order chi connectivity index (χ0) is 16.7. The van der Waals surface area contributed by atoms with Crippen molar-refractivity contribution in [2.75, 3.05) is 11.9 Å². The molecule has 6 heteroatoms. The van der Waals surface area contributed by atoms with E-state index in [9.17, 15) is 9.59 Å². The van der Waals surface area contributed by atoms with E-state index in [0.717, 1.165) is 0 Å². The Balaban J connectivity index is 2.26. The lowest BCUT2D eigenvalue weighted by Crippen LogP contribution is -2.15. The van der Waals surface area contributed by atoms with Gasteiger partial charge in [0.2, 0.25) is 0 Å². The Morgan fingerprint density at radius 3 is 2.70 bits per heavy atom. The number of esters is 1. The highest BCUT2D eigenvalue weighted by Gasteiger charge is 2.19. The highest BCUT2D eigenvalue weighted by atomic mass is 16.5. The molecule has 2 aromatic rings.